The summed E-state index contributed by atoms with van der Waals surface area (Å²) in [6.45, 7) is 0. The Hall–Kier alpha value is -1.16. The van der Waals surface area contributed by atoms with E-state index in [1.807, 2.05) is 18.2 Å². The predicted molar refractivity (Wildman–Crippen MR) is 55.2 cm³/mol. The Kier molecular flexibility index (Phi) is 1.92. The molecule has 0 radical (unpaired) electrons. The molecule has 3 nitrogen and oxygen atoms in total. The third-order valence-electron chi connectivity index (χ3n) is 1.92. The van der Waals surface area contributed by atoms with Gasteiger partial charge in [-0.15, -0.1) is 0 Å². The monoisotopic (exact) mass is 238 g/mol. The van der Waals surface area contributed by atoms with Gasteiger partial charge in [0.2, 0.25) is 0 Å². The predicted octanol–water partition coefficient (Wildman–Crippen LogP) is 1.82. The van der Waals surface area contributed by atoms with E-state index >= 15 is 0 Å². The Morgan fingerprint density at radius 3 is 2.92 bits per heavy atom. The van der Waals surface area contributed by atoms with Crippen molar-refractivity contribution in [3.05, 3.63) is 28.2 Å². The molecule has 0 bridgehead atoms. The fourth-order valence-corrected chi connectivity index (χ4v) is 1.71. The number of anilines is 1. The molecule has 0 saturated heterocycles. The number of hydrogen-bond acceptors (Lipinski definition) is 2. The molecule has 0 aliphatic carbocycles. The van der Waals surface area contributed by atoms with E-state index in [2.05, 4.69) is 26.2 Å². The van der Waals surface area contributed by atoms with Crippen LogP contribution in [0.5, 0.6) is 0 Å². The zero-order valence-electron chi connectivity index (χ0n) is 6.97. The average Bonchev–Trinajstić information content (AvgIpc) is 2.40. The molecule has 1 aromatic rings. The van der Waals surface area contributed by atoms with Crippen LogP contribution in [0.2, 0.25) is 0 Å². The van der Waals surface area contributed by atoms with Crippen molar-refractivity contribution in [2.24, 2.45) is 4.99 Å². The van der Waals surface area contributed by atoms with Gasteiger partial charge in [-0.3, -0.25) is 9.79 Å². The van der Waals surface area contributed by atoms with Gasteiger partial charge in [-0.1, -0.05) is 15.9 Å². The number of nitrogens with one attached hydrogen (secondary N) is 1. The van der Waals surface area contributed by atoms with Gasteiger partial charge in [0.05, 0.1) is 5.69 Å². The zero-order chi connectivity index (χ0) is 9.42. The van der Waals surface area contributed by atoms with Crippen molar-refractivity contribution in [3.8, 4) is 0 Å². The fourth-order valence-electron chi connectivity index (χ4n) is 1.35. The second kappa shape index (κ2) is 2.96. The van der Waals surface area contributed by atoms with Crippen LogP contribution >= 0.6 is 15.9 Å². The van der Waals surface area contributed by atoms with Gasteiger partial charge in [0, 0.05) is 17.1 Å². The summed E-state index contributed by atoms with van der Waals surface area (Å²) >= 11 is 3.35. The number of hydrogen-bond donors (Lipinski definition) is 1. The number of halogens is 1. The first-order valence-corrected chi connectivity index (χ1v) is 4.59. The molecule has 0 saturated carbocycles. The smallest absolute Gasteiger partial charge is 0.274 e. The van der Waals surface area contributed by atoms with Gasteiger partial charge in [-0.25, -0.2) is 0 Å². The van der Waals surface area contributed by atoms with Crippen LogP contribution in [0.4, 0.5) is 5.69 Å². The number of amides is 1. The van der Waals surface area contributed by atoms with Crippen molar-refractivity contribution < 1.29 is 4.79 Å². The van der Waals surface area contributed by atoms with Gasteiger partial charge in [-0.2, -0.15) is 0 Å². The molecule has 13 heavy (non-hydrogen) atoms. The maximum absolute atomic E-state index is 11.3. The number of aliphatic imine (C=N–C) groups is 1. The third-order valence-corrected chi connectivity index (χ3v) is 2.42. The summed E-state index contributed by atoms with van der Waals surface area (Å²) in [5.41, 5.74) is 2.19. The lowest BCUT2D eigenvalue weighted by Gasteiger charge is -1.96. The minimum atomic E-state index is -0.129. The number of carbonyl (C=O) groups excluding carboxylic acids is 1. The molecular weight excluding hydrogens is 232 g/mol. The van der Waals surface area contributed by atoms with Gasteiger partial charge in [0.1, 0.15) is 5.71 Å². The van der Waals surface area contributed by atoms with E-state index in [0.29, 0.717) is 5.71 Å². The summed E-state index contributed by atoms with van der Waals surface area (Å²) in [6, 6.07) is 5.63. The van der Waals surface area contributed by atoms with E-state index < -0.39 is 0 Å². The average molecular weight is 239 g/mol. The molecule has 0 aromatic heterocycles. The normalized spacial score (nSPS) is 17.4. The van der Waals surface area contributed by atoms with Crippen molar-refractivity contribution in [3.63, 3.8) is 0 Å². The summed E-state index contributed by atoms with van der Waals surface area (Å²) in [6.07, 6.45) is 0. The molecule has 0 spiro atoms. The zero-order valence-corrected chi connectivity index (χ0v) is 8.55. The van der Waals surface area contributed by atoms with Crippen LogP contribution in [0.1, 0.15) is 5.56 Å². The number of nitrogens with zero attached hydrogens (tertiary/aromatic N) is 1. The largest absolute Gasteiger partial charge is 0.320 e. The third kappa shape index (κ3) is 1.27. The highest BCUT2D eigenvalue weighted by Gasteiger charge is 2.24. The highest BCUT2D eigenvalue weighted by molar-refractivity contribution is 9.10. The minimum absolute atomic E-state index is 0.129. The Balaban J connectivity index is 2.63. The van der Waals surface area contributed by atoms with Crippen LogP contribution < -0.4 is 5.32 Å². The number of benzene rings is 1. The summed E-state index contributed by atoms with van der Waals surface area (Å²) in [4.78, 5) is 15.3. The van der Waals surface area contributed by atoms with E-state index in [9.17, 15) is 4.79 Å². The highest BCUT2D eigenvalue weighted by atomic mass is 79.9. The molecule has 0 fully saturated rings. The summed E-state index contributed by atoms with van der Waals surface area (Å²) < 4.78 is 0.948. The van der Waals surface area contributed by atoms with E-state index in [0.717, 1.165) is 15.7 Å². The molecule has 1 heterocycles. The van der Waals surface area contributed by atoms with Crippen molar-refractivity contribution in [1.82, 2.24) is 0 Å². The van der Waals surface area contributed by atoms with E-state index in [1.165, 1.54) is 0 Å². The number of rotatable bonds is 0. The fraction of sp³-hybridized carbons (Fsp3) is 0.111. The van der Waals surface area contributed by atoms with Gasteiger partial charge >= 0.3 is 0 Å². The standard InChI is InChI=1S/C9H7BrN2O/c1-11-8-6-4-5(10)2-3-7(6)12-9(8)13/h2-4H,1H3,(H,11,12,13). The van der Waals surface area contributed by atoms with Crippen LogP contribution in [0.15, 0.2) is 27.7 Å². The van der Waals surface area contributed by atoms with Crippen LogP contribution in [0.3, 0.4) is 0 Å². The molecule has 1 aliphatic heterocycles. The Morgan fingerprint density at radius 1 is 1.46 bits per heavy atom. The molecule has 2 rings (SSSR count). The molecule has 0 unspecified atom stereocenters. The van der Waals surface area contributed by atoms with Crippen molar-refractivity contribution in [2.45, 2.75) is 0 Å². The van der Waals surface area contributed by atoms with Gasteiger partial charge in [-0.05, 0) is 18.2 Å². The topological polar surface area (TPSA) is 41.5 Å². The molecular formula is C9H7BrN2O. The maximum Gasteiger partial charge on any atom is 0.274 e. The first-order valence-electron chi connectivity index (χ1n) is 3.80. The number of fused-ring (bicyclic) bond motifs is 1. The molecule has 1 aliphatic rings. The van der Waals surface area contributed by atoms with E-state index in [-0.39, 0.29) is 5.91 Å². The molecule has 4 heteroatoms. The van der Waals surface area contributed by atoms with E-state index in [1.54, 1.807) is 7.05 Å². The first kappa shape index (κ1) is 8.44. The van der Waals surface area contributed by atoms with Crippen LogP contribution in [-0.2, 0) is 4.79 Å². The first-order chi connectivity index (χ1) is 6.22. The number of carbonyl (C=O) groups is 1. The lowest BCUT2D eigenvalue weighted by atomic mass is 10.1. The minimum Gasteiger partial charge on any atom is -0.320 e. The van der Waals surface area contributed by atoms with Crippen LogP contribution in [0.25, 0.3) is 0 Å². The molecule has 1 aromatic carbocycles. The van der Waals surface area contributed by atoms with Crippen molar-refractivity contribution in [1.29, 1.82) is 0 Å². The second-order valence-corrected chi connectivity index (χ2v) is 3.63. The molecule has 66 valence electrons. The van der Waals surface area contributed by atoms with E-state index in [4.69, 9.17) is 0 Å². The van der Waals surface area contributed by atoms with Crippen molar-refractivity contribution >= 4 is 33.2 Å². The quantitative estimate of drug-likeness (QED) is 0.737. The van der Waals surface area contributed by atoms with Crippen LogP contribution in [-0.4, -0.2) is 18.7 Å². The highest BCUT2D eigenvalue weighted by Crippen LogP contribution is 2.26. The maximum atomic E-state index is 11.3. The van der Waals surface area contributed by atoms with Crippen molar-refractivity contribution in [2.75, 3.05) is 12.4 Å². The SMILES string of the molecule is CN=C1C(=O)Nc2ccc(Br)cc21. The molecule has 0 atom stereocenters. The lowest BCUT2D eigenvalue weighted by molar-refractivity contribution is -0.110. The second-order valence-electron chi connectivity index (χ2n) is 2.72. The lowest BCUT2D eigenvalue weighted by Crippen LogP contribution is -2.13. The Morgan fingerprint density at radius 2 is 2.23 bits per heavy atom. The van der Waals surface area contributed by atoms with Gasteiger partial charge in [0.25, 0.3) is 5.91 Å². The van der Waals surface area contributed by atoms with Gasteiger partial charge < -0.3 is 5.32 Å². The van der Waals surface area contributed by atoms with Gasteiger partial charge in [0.15, 0.2) is 0 Å². The molecule has 1 amide bonds. The summed E-state index contributed by atoms with van der Waals surface area (Å²) in [5, 5.41) is 2.74. The summed E-state index contributed by atoms with van der Waals surface area (Å²) in [7, 11) is 1.62. The Labute approximate surface area is 84.0 Å². The Bertz CT molecular complexity index is 412. The van der Waals surface area contributed by atoms with Crippen LogP contribution in [0, 0.1) is 0 Å². The summed E-state index contributed by atoms with van der Waals surface area (Å²) in [5.74, 6) is -0.129. The molecule has 1 N–H and O–H groups in total.